The third-order valence-electron chi connectivity index (χ3n) is 4.20. The molecule has 2 N–H and O–H groups in total. The maximum Gasteiger partial charge on any atom is 0.128 e. The second-order valence-electron chi connectivity index (χ2n) is 5.59. The monoisotopic (exact) mass is 262 g/mol. The molecule has 1 saturated heterocycles. The van der Waals surface area contributed by atoms with Crippen LogP contribution in [0.1, 0.15) is 50.2 Å². The molecule has 0 bridgehead atoms. The molecule has 0 aromatic carbocycles. The molecule has 1 aliphatic heterocycles. The van der Waals surface area contributed by atoms with Crippen LogP contribution in [0.2, 0.25) is 0 Å². The SMILES string of the molecule is OC(c1cnccc1OC1CCC1)[C@H]1CCCCN1. The number of hydrogen-bond acceptors (Lipinski definition) is 4. The molecule has 19 heavy (non-hydrogen) atoms. The van der Waals surface area contributed by atoms with Crippen molar-refractivity contribution in [1.82, 2.24) is 10.3 Å². The van der Waals surface area contributed by atoms with E-state index in [1.54, 1.807) is 12.4 Å². The highest BCUT2D eigenvalue weighted by Gasteiger charge is 2.27. The van der Waals surface area contributed by atoms with E-state index in [0.717, 1.165) is 37.1 Å². The Morgan fingerprint density at radius 3 is 2.84 bits per heavy atom. The van der Waals surface area contributed by atoms with Crippen molar-refractivity contribution < 1.29 is 9.84 Å². The predicted octanol–water partition coefficient (Wildman–Crippen LogP) is 2.19. The topological polar surface area (TPSA) is 54.4 Å². The van der Waals surface area contributed by atoms with Crippen molar-refractivity contribution in [2.24, 2.45) is 0 Å². The summed E-state index contributed by atoms with van der Waals surface area (Å²) < 4.78 is 5.97. The van der Waals surface area contributed by atoms with Crippen molar-refractivity contribution in [3.63, 3.8) is 0 Å². The number of ether oxygens (including phenoxy) is 1. The highest BCUT2D eigenvalue weighted by atomic mass is 16.5. The van der Waals surface area contributed by atoms with Gasteiger partial charge in [0.05, 0.1) is 12.2 Å². The van der Waals surface area contributed by atoms with Crippen LogP contribution < -0.4 is 10.1 Å². The number of aromatic nitrogens is 1. The number of rotatable bonds is 4. The van der Waals surface area contributed by atoms with Crippen molar-refractivity contribution >= 4 is 0 Å². The number of pyridine rings is 1. The van der Waals surface area contributed by atoms with E-state index in [2.05, 4.69) is 10.3 Å². The summed E-state index contributed by atoms with van der Waals surface area (Å²) in [6.45, 7) is 0.987. The van der Waals surface area contributed by atoms with Crippen molar-refractivity contribution in [1.29, 1.82) is 0 Å². The van der Waals surface area contributed by atoms with E-state index in [4.69, 9.17) is 4.74 Å². The van der Waals surface area contributed by atoms with Crippen molar-refractivity contribution in [2.75, 3.05) is 6.54 Å². The zero-order valence-corrected chi connectivity index (χ0v) is 11.2. The molecule has 2 fully saturated rings. The van der Waals surface area contributed by atoms with E-state index in [9.17, 15) is 5.11 Å². The first-order chi connectivity index (χ1) is 9.34. The molecule has 1 saturated carbocycles. The van der Waals surface area contributed by atoms with Crippen LogP contribution in [0.15, 0.2) is 18.5 Å². The Kier molecular flexibility index (Phi) is 3.99. The van der Waals surface area contributed by atoms with Gasteiger partial charge in [0.15, 0.2) is 0 Å². The highest BCUT2D eigenvalue weighted by Crippen LogP contribution is 2.32. The molecule has 0 amide bonds. The highest BCUT2D eigenvalue weighted by molar-refractivity contribution is 5.33. The third kappa shape index (κ3) is 2.90. The fraction of sp³-hybridized carbons (Fsp3) is 0.667. The first-order valence-corrected chi connectivity index (χ1v) is 7.36. The van der Waals surface area contributed by atoms with Gasteiger partial charge in [-0.05, 0) is 44.7 Å². The molecule has 2 aliphatic rings. The summed E-state index contributed by atoms with van der Waals surface area (Å²) in [6, 6.07) is 2.00. The van der Waals surface area contributed by atoms with Crippen LogP contribution in [-0.4, -0.2) is 28.8 Å². The molecule has 104 valence electrons. The van der Waals surface area contributed by atoms with Crippen LogP contribution >= 0.6 is 0 Å². The van der Waals surface area contributed by atoms with Crippen LogP contribution in [0.25, 0.3) is 0 Å². The largest absolute Gasteiger partial charge is 0.490 e. The second kappa shape index (κ2) is 5.88. The normalized spacial score (nSPS) is 25.6. The lowest BCUT2D eigenvalue weighted by Gasteiger charge is -2.31. The molecule has 1 aromatic rings. The summed E-state index contributed by atoms with van der Waals surface area (Å²) in [6.07, 6.45) is 10.2. The van der Waals surface area contributed by atoms with Gasteiger partial charge in [0.25, 0.3) is 0 Å². The summed E-state index contributed by atoms with van der Waals surface area (Å²) in [5, 5.41) is 13.9. The van der Waals surface area contributed by atoms with Crippen LogP contribution in [0, 0.1) is 0 Å². The van der Waals surface area contributed by atoms with Crippen molar-refractivity contribution in [3.05, 3.63) is 24.0 Å². The Morgan fingerprint density at radius 2 is 2.16 bits per heavy atom. The van der Waals surface area contributed by atoms with Crippen molar-refractivity contribution in [3.8, 4) is 5.75 Å². The Labute approximate surface area is 114 Å². The third-order valence-corrected chi connectivity index (χ3v) is 4.20. The van der Waals surface area contributed by atoms with Crippen LogP contribution in [0.4, 0.5) is 0 Å². The molecule has 2 heterocycles. The van der Waals surface area contributed by atoms with Gasteiger partial charge < -0.3 is 15.2 Å². The lowest BCUT2D eigenvalue weighted by molar-refractivity contribution is 0.0919. The molecule has 2 atom stereocenters. The predicted molar refractivity (Wildman–Crippen MR) is 73.1 cm³/mol. The quantitative estimate of drug-likeness (QED) is 0.873. The lowest BCUT2D eigenvalue weighted by Crippen LogP contribution is -2.39. The first kappa shape index (κ1) is 12.9. The van der Waals surface area contributed by atoms with Crippen molar-refractivity contribution in [2.45, 2.75) is 56.8 Å². The van der Waals surface area contributed by atoms with E-state index in [1.807, 2.05) is 6.07 Å². The molecular formula is C15H22N2O2. The zero-order valence-electron chi connectivity index (χ0n) is 11.2. The fourth-order valence-electron chi connectivity index (χ4n) is 2.76. The Bertz CT molecular complexity index is 414. The minimum absolute atomic E-state index is 0.127. The average Bonchev–Trinajstić information content (AvgIpc) is 2.43. The van der Waals surface area contributed by atoms with Gasteiger partial charge in [0.1, 0.15) is 5.75 Å². The Hall–Kier alpha value is -1.13. The molecule has 1 aliphatic carbocycles. The first-order valence-electron chi connectivity index (χ1n) is 7.36. The maximum absolute atomic E-state index is 10.5. The van der Waals surface area contributed by atoms with Gasteiger partial charge in [0, 0.05) is 24.0 Å². The summed E-state index contributed by atoms with van der Waals surface area (Å²) in [5.74, 6) is 0.805. The number of aliphatic hydroxyl groups excluding tert-OH is 1. The summed E-state index contributed by atoms with van der Waals surface area (Å²) >= 11 is 0. The van der Waals surface area contributed by atoms with Gasteiger partial charge in [0.2, 0.25) is 0 Å². The van der Waals surface area contributed by atoms with Gasteiger partial charge in [-0.15, -0.1) is 0 Å². The smallest absolute Gasteiger partial charge is 0.128 e. The van der Waals surface area contributed by atoms with E-state index >= 15 is 0 Å². The number of piperidine rings is 1. The van der Waals surface area contributed by atoms with Gasteiger partial charge in [-0.1, -0.05) is 6.42 Å². The van der Waals surface area contributed by atoms with E-state index < -0.39 is 6.10 Å². The Morgan fingerprint density at radius 1 is 1.26 bits per heavy atom. The van der Waals surface area contributed by atoms with Crippen LogP contribution in [0.5, 0.6) is 5.75 Å². The van der Waals surface area contributed by atoms with Gasteiger partial charge in [-0.25, -0.2) is 0 Å². The molecule has 0 spiro atoms. The number of nitrogens with one attached hydrogen (secondary N) is 1. The summed E-state index contributed by atoms with van der Waals surface area (Å²) in [7, 11) is 0. The van der Waals surface area contributed by atoms with Gasteiger partial charge >= 0.3 is 0 Å². The number of nitrogens with zero attached hydrogens (tertiary/aromatic N) is 1. The minimum atomic E-state index is -0.524. The molecule has 3 rings (SSSR count). The van der Waals surface area contributed by atoms with Crippen LogP contribution in [0.3, 0.4) is 0 Å². The maximum atomic E-state index is 10.5. The van der Waals surface area contributed by atoms with Crippen LogP contribution in [-0.2, 0) is 0 Å². The minimum Gasteiger partial charge on any atom is -0.490 e. The second-order valence-corrected chi connectivity index (χ2v) is 5.59. The number of aliphatic hydroxyl groups is 1. The van der Waals surface area contributed by atoms with E-state index in [0.29, 0.717) is 6.10 Å². The molecule has 0 radical (unpaired) electrons. The molecule has 1 unspecified atom stereocenters. The fourth-order valence-corrected chi connectivity index (χ4v) is 2.76. The molecule has 1 aromatic heterocycles. The summed E-state index contributed by atoms with van der Waals surface area (Å²) in [4.78, 5) is 4.14. The summed E-state index contributed by atoms with van der Waals surface area (Å²) in [5.41, 5.74) is 0.828. The van der Waals surface area contributed by atoms with Gasteiger partial charge in [-0.3, -0.25) is 4.98 Å². The molecular weight excluding hydrogens is 240 g/mol. The lowest BCUT2D eigenvalue weighted by atomic mass is 9.94. The Balaban J connectivity index is 1.74. The number of hydrogen-bond donors (Lipinski definition) is 2. The van der Waals surface area contributed by atoms with E-state index in [1.165, 1.54) is 19.3 Å². The van der Waals surface area contributed by atoms with Gasteiger partial charge in [-0.2, -0.15) is 0 Å². The molecule has 4 heteroatoms. The average molecular weight is 262 g/mol. The molecule has 4 nitrogen and oxygen atoms in total. The standard InChI is InChI=1S/C15H22N2O2/c18-15(13-6-1-2-8-17-13)12-10-16-9-7-14(12)19-11-4-3-5-11/h7,9-11,13,15,17-18H,1-6,8H2/t13-,15?/m1/s1. The zero-order chi connectivity index (χ0) is 13.1. The van der Waals surface area contributed by atoms with E-state index in [-0.39, 0.29) is 6.04 Å².